The lowest BCUT2D eigenvalue weighted by Gasteiger charge is -2.38. The number of aromatic nitrogens is 4. The Morgan fingerprint density at radius 2 is 1.55 bits per heavy atom. The molecule has 9 nitrogen and oxygen atoms in total. The zero-order valence-corrected chi connectivity index (χ0v) is 22.8. The van der Waals surface area contributed by atoms with Crippen molar-refractivity contribution in [3.05, 3.63) is 125 Å². The van der Waals surface area contributed by atoms with E-state index >= 15 is 0 Å². The van der Waals surface area contributed by atoms with E-state index in [0.29, 0.717) is 17.4 Å². The number of carboxylic acid groups (broad SMARTS) is 1. The van der Waals surface area contributed by atoms with E-state index in [0.717, 1.165) is 43.1 Å². The lowest BCUT2D eigenvalue weighted by atomic mass is 10.1. The van der Waals surface area contributed by atoms with Gasteiger partial charge in [-0.25, -0.2) is 14.5 Å². The van der Waals surface area contributed by atoms with Crippen molar-refractivity contribution < 1.29 is 9.90 Å². The molecule has 0 aliphatic carbocycles. The molecule has 3 heterocycles. The molecule has 0 bridgehead atoms. The van der Waals surface area contributed by atoms with Crippen LogP contribution < -0.4 is 15.2 Å². The Morgan fingerprint density at radius 3 is 2.31 bits per heavy atom. The number of aromatic carboxylic acids is 1. The summed E-state index contributed by atoms with van der Waals surface area (Å²) >= 11 is 0. The van der Waals surface area contributed by atoms with E-state index in [4.69, 9.17) is 0 Å². The fourth-order valence-corrected chi connectivity index (χ4v) is 5.83. The number of carboxylic acids is 1. The zero-order chi connectivity index (χ0) is 28.6. The van der Waals surface area contributed by atoms with Gasteiger partial charge in [-0.2, -0.15) is 5.10 Å². The maximum absolute atomic E-state index is 13.1. The molecule has 1 N–H and O–H groups in total. The average molecular weight is 557 g/mol. The second-order valence-electron chi connectivity index (χ2n) is 10.5. The van der Waals surface area contributed by atoms with Crippen LogP contribution in [0.1, 0.15) is 15.9 Å². The molecule has 42 heavy (non-hydrogen) atoms. The van der Waals surface area contributed by atoms with Gasteiger partial charge in [-0.3, -0.25) is 4.79 Å². The normalized spacial score (nSPS) is 13.6. The van der Waals surface area contributed by atoms with Gasteiger partial charge in [0, 0.05) is 60.2 Å². The molecule has 9 heteroatoms. The van der Waals surface area contributed by atoms with Crippen LogP contribution >= 0.6 is 0 Å². The molecular formula is C33H28N6O3. The number of nitrogens with zero attached hydrogens (tertiary/aromatic N) is 6. The maximum atomic E-state index is 13.1. The maximum Gasteiger partial charge on any atom is 0.341 e. The molecule has 1 fully saturated rings. The van der Waals surface area contributed by atoms with Crippen molar-refractivity contribution in [2.75, 3.05) is 36.0 Å². The minimum Gasteiger partial charge on any atom is -0.477 e. The molecule has 7 rings (SSSR count). The van der Waals surface area contributed by atoms with E-state index in [2.05, 4.69) is 62.3 Å². The van der Waals surface area contributed by atoms with Gasteiger partial charge < -0.3 is 19.5 Å². The SMILES string of the molecule is O=C(O)c1cn(-c2ccc(Cn3cncn3)cc2)c2cc(N3CCN(c4cccc5ccccc45)CC3)ccc2c1=O. The number of anilines is 2. The first-order valence-electron chi connectivity index (χ1n) is 13.9. The Labute approximate surface area is 241 Å². The van der Waals surface area contributed by atoms with Crippen LogP contribution in [0.2, 0.25) is 0 Å². The zero-order valence-electron chi connectivity index (χ0n) is 22.8. The summed E-state index contributed by atoms with van der Waals surface area (Å²) in [4.78, 5) is 33.9. The van der Waals surface area contributed by atoms with Gasteiger partial charge in [-0.05, 0) is 47.3 Å². The van der Waals surface area contributed by atoms with Crippen LogP contribution in [0.15, 0.2) is 109 Å². The number of pyridine rings is 1. The summed E-state index contributed by atoms with van der Waals surface area (Å²) < 4.78 is 3.54. The quantitative estimate of drug-likeness (QED) is 0.315. The summed E-state index contributed by atoms with van der Waals surface area (Å²) in [5, 5.41) is 16.8. The van der Waals surface area contributed by atoms with Crippen molar-refractivity contribution in [2.24, 2.45) is 0 Å². The van der Waals surface area contributed by atoms with Crippen LogP contribution in [0.5, 0.6) is 0 Å². The topological polar surface area (TPSA) is 96.5 Å². The fraction of sp³-hybridized carbons (Fsp3) is 0.152. The first-order chi connectivity index (χ1) is 20.5. The van der Waals surface area contributed by atoms with Crippen LogP contribution in [-0.2, 0) is 6.54 Å². The Balaban J connectivity index is 1.21. The molecular weight excluding hydrogens is 528 g/mol. The summed E-state index contributed by atoms with van der Waals surface area (Å²) in [5.74, 6) is -1.24. The average Bonchev–Trinajstić information content (AvgIpc) is 3.54. The van der Waals surface area contributed by atoms with Crippen LogP contribution in [0, 0.1) is 0 Å². The number of rotatable bonds is 6. The molecule has 0 amide bonds. The first kappa shape index (κ1) is 25.5. The summed E-state index contributed by atoms with van der Waals surface area (Å²) in [7, 11) is 0. The van der Waals surface area contributed by atoms with Crippen LogP contribution in [0.4, 0.5) is 11.4 Å². The van der Waals surface area contributed by atoms with Crippen molar-refractivity contribution in [2.45, 2.75) is 6.54 Å². The van der Waals surface area contributed by atoms with Gasteiger partial charge in [0.1, 0.15) is 18.2 Å². The third-order valence-corrected chi connectivity index (χ3v) is 8.00. The number of benzene rings is 4. The Bertz CT molecular complexity index is 1970. The second-order valence-corrected chi connectivity index (χ2v) is 10.5. The third-order valence-electron chi connectivity index (χ3n) is 8.00. The molecule has 1 aliphatic rings. The van der Waals surface area contributed by atoms with Gasteiger partial charge in [-0.15, -0.1) is 0 Å². The Morgan fingerprint density at radius 1 is 0.810 bits per heavy atom. The predicted molar refractivity (Wildman–Crippen MR) is 164 cm³/mol. The predicted octanol–water partition coefficient (Wildman–Crippen LogP) is 4.81. The molecule has 208 valence electrons. The van der Waals surface area contributed by atoms with Gasteiger partial charge in [0.15, 0.2) is 0 Å². The largest absolute Gasteiger partial charge is 0.477 e. The van der Waals surface area contributed by atoms with Crippen molar-refractivity contribution in [3.8, 4) is 5.69 Å². The molecule has 0 atom stereocenters. The van der Waals surface area contributed by atoms with E-state index in [9.17, 15) is 14.7 Å². The monoisotopic (exact) mass is 556 g/mol. The highest BCUT2D eigenvalue weighted by Gasteiger charge is 2.21. The second kappa shape index (κ2) is 10.5. The number of carbonyl (C=O) groups is 1. The van der Waals surface area contributed by atoms with Gasteiger partial charge in [-0.1, -0.05) is 48.5 Å². The Kier molecular flexibility index (Phi) is 6.39. The highest BCUT2D eigenvalue weighted by Crippen LogP contribution is 2.30. The van der Waals surface area contributed by atoms with E-state index in [-0.39, 0.29) is 5.56 Å². The minimum absolute atomic E-state index is 0.259. The van der Waals surface area contributed by atoms with Gasteiger partial charge in [0.2, 0.25) is 5.43 Å². The minimum atomic E-state index is -1.24. The third kappa shape index (κ3) is 4.64. The smallest absolute Gasteiger partial charge is 0.341 e. The summed E-state index contributed by atoms with van der Waals surface area (Å²) in [6.45, 7) is 3.95. The summed E-state index contributed by atoms with van der Waals surface area (Å²) in [5.41, 5.74) is 3.96. The van der Waals surface area contributed by atoms with E-state index in [1.807, 2.05) is 36.4 Å². The van der Waals surface area contributed by atoms with Crippen molar-refractivity contribution in [1.82, 2.24) is 19.3 Å². The van der Waals surface area contributed by atoms with E-state index in [1.165, 1.54) is 29.0 Å². The molecule has 4 aromatic carbocycles. The number of piperazine rings is 1. The van der Waals surface area contributed by atoms with Crippen molar-refractivity contribution in [3.63, 3.8) is 0 Å². The summed E-state index contributed by atoms with van der Waals surface area (Å²) in [6.07, 6.45) is 4.59. The van der Waals surface area contributed by atoms with E-state index < -0.39 is 11.4 Å². The summed E-state index contributed by atoms with van der Waals surface area (Å²) in [6, 6.07) is 28.4. The highest BCUT2D eigenvalue weighted by molar-refractivity contribution is 5.95. The van der Waals surface area contributed by atoms with Crippen molar-refractivity contribution in [1.29, 1.82) is 0 Å². The van der Waals surface area contributed by atoms with Crippen molar-refractivity contribution >= 4 is 39.0 Å². The lowest BCUT2D eigenvalue weighted by molar-refractivity contribution is 0.0695. The number of fused-ring (bicyclic) bond motifs is 2. The highest BCUT2D eigenvalue weighted by atomic mass is 16.4. The van der Waals surface area contributed by atoms with Crippen LogP contribution in [0.3, 0.4) is 0 Å². The lowest BCUT2D eigenvalue weighted by Crippen LogP contribution is -2.46. The van der Waals surface area contributed by atoms with E-state index in [1.54, 1.807) is 21.6 Å². The standard InChI is InChI=1S/C33H28N6O3/c40-32-28-13-12-26(36-14-16-37(17-15-36)30-7-3-5-24-4-1-2-6-27(24)30)18-31(28)39(20-29(32)33(41)42)25-10-8-23(9-11-25)19-38-22-34-21-35-38/h1-13,18,20-22H,14-17,19H2,(H,41,42). The Hall–Kier alpha value is -5.44. The molecule has 0 radical (unpaired) electrons. The molecule has 1 saturated heterocycles. The molecule has 2 aromatic heterocycles. The van der Waals surface area contributed by atoms with Gasteiger partial charge in [0.25, 0.3) is 0 Å². The number of hydrogen-bond donors (Lipinski definition) is 1. The molecule has 6 aromatic rings. The molecule has 0 spiro atoms. The van der Waals surface area contributed by atoms with Gasteiger partial charge in [0.05, 0.1) is 12.1 Å². The molecule has 0 unspecified atom stereocenters. The fourth-order valence-electron chi connectivity index (χ4n) is 5.83. The van der Waals surface area contributed by atoms with Crippen LogP contribution in [-0.4, -0.2) is 56.6 Å². The van der Waals surface area contributed by atoms with Crippen LogP contribution in [0.25, 0.3) is 27.4 Å². The first-order valence-corrected chi connectivity index (χ1v) is 13.9. The molecule has 1 aliphatic heterocycles. The molecule has 0 saturated carbocycles. The van der Waals surface area contributed by atoms with Gasteiger partial charge >= 0.3 is 5.97 Å². The number of hydrogen-bond acceptors (Lipinski definition) is 6.